The zero-order valence-electron chi connectivity index (χ0n) is 13.6. The molecule has 0 amide bonds. The van der Waals surface area contributed by atoms with E-state index in [9.17, 15) is 14.8 Å². The smallest absolute Gasteiger partial charge is 0.164 e. The van der Waals surface area contributed by atoms with Crippen LogP contribution in [0.2, 0.25) is 0 Å². The largest absolute Gasteiger partial charge is 0.497 e. The second-order valence-electron chi connectivity index (χ2n) is 5.38. The molecule has 0 aliphatic heterocycles. The van der Waals surface area contributed by atoms with E-state index >= 15 is 0 Å². The van der Waals surface area contributed by atoms with Crippen LogP contribution in [0.3, 0.4) is 0 Å². The van der Waals surface area contributed by atoms with Gasteiger partial charge in [0.2, 0.25) is 0 Å². The average Bonchev–Trinajstić information content (AvgIpc) is 2.65. The summed E-state index contributed by atoms with van der Waals surface area (Å²) in [5.41, 5.74) is 1.24. The average molecular weight is 337 g/mol. The first kappa shape index (κ1) is 16.7. The highest BCUT2D eigenvalue weighted by Crippen LogP contribution is 2.36. The number of hydrogen-bond donors (Lipinski definition) is 1. The van der Waals surface area contributed by atoms with E-state index < -0.39 is 5.82 Å². The van der Waals surface area contributed by atoms with Gasteiger partial charge < -0.3 is 14.7 Å². The summed E-state index contributed by atoms with van der Waals surface area (Å²) in [6.07, 6.45) is 1.61. The number of aliphatic hydroxyl groups excluding tert-OH is 1. The third-order valence-corrected chi connectivity index (χ3v) is 3.89. The van der Waals surface area contributed by atoms with Gasteiger partial charge in [0.1, 0.15) is 17.6 Å². The Morgan fingerprint density at radius 2 is 2.12 bits per heavy atom. The van der Waals surface area contributed by atoms with Crippen molar-refractivity contribution in [1.82, 2.24) is 4.98 Å². The molecule has 0 atom stereocenters. The van der Waals surface area contributed by atoms with Crippen molar-refractivity contribution in [3.05, 3.63) is 60.2 Å². The fourth-order valence-electron chi connectivity index (χ4n) is 2.77. The third kappa shape index (κ3) is 3.23. The van der Waals surface area contributed by atoms with Crippen LogP contribution in [-0.2, 0) is 0 Å². The van der Waals surface area contributed by atoms with E-state index in [4.69, 9.17) is 4.74 Å². The fraction of sp³-hybridized carbons (Fsp3) is 0.158. The lowest BCUT2D eigenvalue weighted by molar-refractivity contribution is 0.305. The molecule has 1 aromatic heterocycles. The molecule has 0 saturated heterocycles. The van der Waals surface area contributed by atoms with Crippen LogP contribution in [0.5, 0.6) is 5.75 Å². The molecule has 2 aromatic carbocycles. The number of anilines is 2. The van der Waals surface area contributed by atoms with Gasteiger partial charge in [0, 0.05) is 29.2 Å². The van der Waals surface area contributed by atoms with Crippen molar-refractivity contribution in [1.29, 1.82) is 5.26 Å². The highest BCUT2D eigenvalue weighted by molar-refractivity contribution is 5.98. The molecule has 1 heterocycles. The predicted molar refractivity (Wildman–Crippen MR) is 93.5 cm³/mol. The Labute approximate surface area is 144 Å². The van der Waals surface area contributed by atoms with E-state index in [2.05, 4.69) is 11.1 Å². The molecule has 0 saturated carbocycles. The van der Waals surface area contributed by atoms with Crippen LogP contribution in [0.15, 0.2) is 48.7 Å². The Bertz CT molecular complexity index is 953. The number of fused-ring (bicyclic) bond motifs is 1. The summed E-state index contributed by atoms with van der Waals surface area (Å²) < 4.78 is 19.0. The van der Waals surface area contributed by atoms with Gasteiger partial charge in [0.15, 0.2) is 5.69 Å². The summed E-state index contributed by atoms with van der Waals surface area (Å²) in [7, 11) is 1.56. The predicted octanol–water partition coefficient (Wildman–Crippen LogP) is 3.38. The van der Waals surface area contributed by atoms with E-state index in [1.54, 1.807) is 42.5 Å². The molecule has 6 heteroatoms. The molecule has 3 rings (SSSR count). The Morgan fingerprint density at radius 3 is 2.80 bits per heavy atom. The number of aliphatic hydroxyl groups is 1. The van der Waals surface area contributed by atoms with Crippen molar-refractivity contribution in [2.75, 3.05) is 25.2 Å². The van der Waals surface area contributed by atoms with Crippen molar-refractivity contribution in [2.24, 2.45) is 0 Å². The summed E-state index contributed by atoms with van der Waals surface area (Å²) in [5.74, 6) is 0.233. The van der Waals surface area contributed by atoms with Gasteiger partial charge in [0.25, 0.3) is 0 Å². The summed E-state index contributed by atoms with van der Waals surface area (Å²) in [5, 5.41) is 20.6. The normalized spacial score (nSPS) is 10.5. The maximum Gasteiger partial charge on any atom is 0.164 e. The second-order valence-corrected chi connectivity index (χ2v) is 5.38. The first-order chi connectivity index (χ1) is 12.2. The molecule has 5 nitrogen and oxygen atoms in total. The number of rotatable bonds is 5. The lowest BCUT2D eigenvalue weighted by Gasteiger charge is -2.26. The van der Waals surface area contributed by atoms with Crippen molar-refractivity contribution in [2.45, 2.75) is 0 Å². The van der Waals surface area contributed by atoms with Gasteiger partial charge in [-0.05, 0) is 36.4 Å². The summed E-state index contributed by atoms with van der Waals surface area (Å²) in [6, 6.07) is 13.5. The molecular weight excluding hydrogens is 321 g/mol. The molecule has 0 radical (unpaired) electrons. The van der Waals surface area contributed by atoms with Gasteiger partial charge in [-0.15, -0.1) is 0 Å². The van der Waals surface area contributed by atoms with Crippen molar-refractivity contribution in [3.8, 4) is 11.8 Å². The molecule has 126 valence electrons. The minimum Gasteiger partial charge on any atom is -0.497 e. The standard InChI is InChI=1S/C19H16FN3O2/c1-25-16-6-5-13-12-22-18(11-21)19(17(13)10-16)23(7-8-24)15-4-2-3-14(20)9-15/h2-6,9-10,12,24H,7-8H2,1H3. The van der Waals surface area contributed by atoms with Gasteiger partial charge >= 0.3 is 0 Å². The maximum atomic E-state index is 13.7. The third-order valence-electron chi connectivity index (χ3n) is 3.89. The molecule has 0 fully saturated rings. The molecule has 3 aromatic rings. The summed E-state index contributed by atoms with van der Waals surface area (Å²) in [6.45, 7) is 0.0257. The molecule has 0 unspecified atom stereocenters. The zero-order chi connectivity index (χ0) is 17.8. The van der Waals surface area contributed by atoms with E-state index in [-0.39, 0.29) is 18.8 Å². The lowest BCUT2D eigenvalue weighted by Crippen LogP contribution is -2.23. The van der Waals surface area contributed by atoms with Gasteiger partial charge in [0.05, 0.1) is 19.4 Å². The number of nitriles is 1. The molecule has 1 N–H and O–H groups in total. The number of aromatic nitrogens is 1. The first-order valence-corrected chi connectivity index (χ1v) is 7.68. The number of nitrogens with zero attached hydrogens (tertiary/aromatic N) is 3. The molecular formula is C19H16FN3O2. The van der Waals surface area contributed by atoms with Crippen LogP contribution in [0.1, 0.15) is 5.69 Å². The lowest BCUT2D eigenvalue weighted by atomic mass is 10.1. The highest BCUT2D eigenvalue weighted by atomic mass is 19.1. The zero-order valence-corrected chi connectivity index (χ0v) is 13.6. The van der Waals surface area contributed by atoms with Crippen LogP contribution in [0, 0.1) is 17.1 Å². The van der Waals surface area contributed by atoms with Crippen LogP contribution < -0.4 is 9.64 Å². The number of hydrogen-bond acceptors (Lipinski definition) is 5. The number of halogens is 1. The van der Waals surface area contributed by atoms with Crippen LogP contribution in [-0.4, -0.2) is 30.4 Å². The number of ether oxygens (including phenoxy) is 1. The SMILES string of the molecule is COc1ccc2cnc(C#N)c(N(CCO)c3cccc(F)c3)c2c1. The van der Waals surface area contributed by atoms with Crippen LogP contribution in [0.25, 0.3) is 10.8 Å². The van der Waals surface area contributed by atoms with E-state index in [0.29, 0.717) is 17.1 Å². The molecule has 0 aliphatic rings. The van der Waals surface area contributed by atoms with Crippen LogP contribution in [0.4, 0.5) is 15.8 Å². The van der Waals surface area contributed by atoms with Crippen molar-refractivity contribution >= 4 is 22.1 Å². The molecule has 0 spiro atoms. The van der Waals surface area contributed by atoms with Gasteiger partial charge in [-0.25, -0.2) is 9.37 Å². The van der Waals surface area contributed by atoms with E-state index in [1.165, 1.54) is 12.1 Å². The summed E-state index contributed by atoms with van der Waals surface area (Å²) >= 11 is 0. The minimum atomic E-state index is -0.398. The van der Waals surface area contributed by atoms with Gasteiger partial charge in [-0.3, -0.25) is 0 Å². The maximum absolute atomic E-state index is 13.7. The molecule has 0 aliphatic carbocycles. The number of benzene rings is 2. The monoisotopic (exact) mass is 337 g/mol. The van der Waals surface area contributed by atoms with Crippen molar-refractivity contribution < 1.29 is 14.2 Å². The van der Waals surface area contributed by atoms with Gasteiger partial charge in [-0.1, -0.05) is 6.07 Å². The topological polar surface area (TPSA) is 69.4 Å². The number of pyridine rings is 1. The Kier molecular flexibility index (Phi) is 4.78. The molecule has 25 heavy (non-hydrogen) atoms. The Morgan fingerprint density at radius 1 is 1.28 bits per heavy atom. The Hall–Kier alpha value is -3.17. The summed E-state index contributed by atoms with van der Waals surface area (Å²) in [4.78, 5) is 5.90. The van der Waals surface area contributed by atoms with Crippen molar-refractivity contribution in [3.63, 3.8) is 0 Å². The first-order valence-electron chi connectivity index (χ1n) is 7.68. The quantitative estimate of drug-likeness (QED) is 0.773. The number of methoxy groups -OCH3 is 1. The molecule has 0 bridgehead atoms. The second kappa shape index (κ2) is 7.16. The minimum absolute atomic E-state index is 0.165. The van der Waals surface area contributed by atoms with Crippen LogP contribution >= 0.6 is 0 Å². The van der Waals surface area contributed by atoms with E-state index in [1.807, 2.05) is 6.07 Å². The van der Waals surface area contributed by atoms with Gasteiger partial charge in [-0.2, -0.15) is 5.26 Å². The highest BCUT2D eigenvalue weighted by Gasteiger charge is 2.19. The van der Waals surface area contributed by atoms with E-state index in [0.717, 1.165) is 10.8 Å². The Balaban J connectivity index is 2.30. The fourth-order valence-corrected chi connectivity index (χ4v) is 2.77.